The zero-order valence-corrected chi connectivity index (χ0v) is 19.0. The Labute approximate surface area is 186 Å². The van der Waals surface area contributed by atoms with Crippen molar-refractivity contribution in [3.05, 3.63) is 53.1 Å². The first kappa shape index (κ1) is 21.4. The Bertz CT molecular complexity index is 1020. The molecule has 2 aromatic carbocycles. The van der Waals surface area contributed by atoms with E-state index in [0.717, 1.165) is 16.9 Å². The lowest BCUT2D eigenvalue weighted by Crippen LogP contribution is -2.52. The quantitative estimate of drug-likeness (QED) is 0.739. The highest BCUT2D eigenvalue weighted by atomic mass is 32.2. The van der Waals surface area contributed by atoms with Gasteiger partial charge < -0.3 is 24.4 Å². The first-order valence-electron chi connectivity index (χ1n) is 9.98. The van der Waals surface area contributed by atoms with Crippen LogP contribution in [0.2, 0.25) is 0 Å². The Morgan fingerprint density at radius 1 is 1.06 bits per heavy atom. The van der Waals surface area contributed by atoms with Crippen LogP contribution in [0.1, 0.15) is 40.7 Å². The molecule has 164 valence electrons. The summed E-state index contributed by atoms with van der Waals surface area (Å²) in [6.07, 6.45) is 0. The van der Waals surface area contributed by atoms with Gasteiger partial charge in [-0.3, -0.25) is 9.59 Å². The lowest BCUT2D eigenvalue weighted by atomic mass is 10.0. The summed E-state index contributed by atoms with van der Waals surface area (Å²) in [6, 6.07) is 10.6. The molecule has 1 fully saturated rings. The number of carbonyl (C=O) groups is 2. The maximum Gasteiger partial charge on any atom is 0.260 e. The van der Waals surface area contributed by atoms with Crippen molar-refractivity contribution in [2.75, 3.05) is 21.3 Å². The number of amides is 2. The van der Waals surface area contributed by atoms with Gasteiger partial charge in [-0.1, -0.05) is 18.2 Å². The normalized spacial score (nSPS) is 20.8. The molecule has 2 aliphatic heterocycles. The van der Waals surface area contributed by atoms with Gasteiger partial charge in [0.25, 0.3) is 5.91 Å². The van der Waals surface area contributed by atoms with E-state index in [0.29, 0.717) is 23.6 Å². The van der Waals surface area contributed by atoms with Gasteiger partial charge in [0.15, 0.2) is 11.5 Å². The molecule has 0 spiro atoms. The molecule has 1 N–H and O–H groups in total. The Morgan fingerprint density at radius 3 is 2.39 bits per heavy atom. The predicted octanol–water partition coefficient (Wildman–Crippen LogP) is 3.38. The van der Waals surface area contributed by atoms with Crippen LogP contribution < -0.4 is 19.5 Å². The number of methoxy groups -OCH3 is 3. The average Bonchev–Trinajstić information content (AvgIpc) is 3.20. The number of nitrogens with zero attached hydrogens (tertiary/aromatic N) is 1. The molecule has 7 nitrogen and oxygen atoms in total. The number of nitrogens with one attached hydrogen (secondary N) is 1. The summed E-state index contributed by atoms with van der Waals surface area (Å²) in [5.74, 6) is 1.29. The number of fused-ring (bicyclic) bond motifs is 3. The van der Waals surface area contributed by atoms with Gasteiger partial charge >= 0.3 is 0 Å². The fourth-order valence-corrected chi connectivity index (χ4v) is 5.86. The number of benzene rings is 2. The van der Waals surface area contributed by atoms with E-state index in [4.69, 9.17) is 14.2 Å². The van der Waals surface area contributed by atoms with Crippen LogP contribution in [0, 0.1) is 0 Å². The van der Waals surface area contributed by atoms with Gasteiger partial charge in [-0.05, 0) is 37.6 Å². The van der Waals surface area contributed by atoms with Crippen LogP contribution in [-0.2, 0) is 11.3 Å². The Kier molecular flexibility index (Phi) is 5.51. The van der Waals surface area contributed by atoms with Crippen molar-refractivity contribution in [3.8, 4) is 17.2 Å². The second-order valence-electron chi connectivity index (χ2n) is 8.02. The van der Waals surface area contributed by atoms with Crippen LogP contribution >= 0.6 is 11.8 Å². The third kappa shape index (κ3) is 3.48. The molecule has 1 saturated heterocycles. The summed E-state index contributed by atoms with van der Waals surface area (Å²) < 4.78 is 15.6. The van der Waals surface area contributed by atoms with Gasteiger partial charge in [0.1, 0.15) is 17.2 Å². The van der Waals surface area contributed by atoms with Crippen LogP contribution in [-0.4, -0.2) is 48.8 Å². The molecule has 2 amide bonds. The lowest BCUT2D eigenvalue weighted by Gasteiger charge is -2.29. The van der Waals surface area contributed by atoms with Gasteiger partial charge in [0.2, 0.25) is 5.91 Å². The molecule has 2 aliphatic rings. The van der Waals surface area contributed by atoms with Gasteiger partial charge in [0, 0.05) is 16.9 Å². The van der Waals surface area contributed by atoms with Crippen molar-refractivity contribution in [2.24, 2.45) is 0 Å². The van der Waals surface area contributed by atoms with Gasteiger partial charge in [0.05, 0.1) is 26.9 Å². The molecule has 0 radical (unpaired) electrons. The molecule has 31 heavy (non-hydrogen) atoms. The van der Waals surface area contributed by atoms with E-state index in [2.05, 4.69) is 5.32 Å². The summed E-state index contributed by atoms with van der Waals surface area (Å²) in [5.41, 5.74) is 2.28. The molecule has 4 rings (SSSR count). The topological polar surface area (TPSA) is 77.1 Å². The smallest absolute Gasteiger partial charge is 0.260 e. The molecular formula is C23H26N2O5S. The van der Waals surface area contributed by atoms with Crippen molar-refractivity contribution in [3.63, 3.8) is 0 Å². The fraction of sp³-hybridized carbons (Fsp3) is 0.391. The minimum absolute atomic E-state index is 0.178. The molecular weight excluding hydrogens is 416 g/mol. The van der Waals surface area contributed by atoms with Gasteiger partial charge in [-0.2, -0.15) is 0 Å². The Hall–Kier alpha value is -2.87. The highest BCUT2D eigenvalue weighted by molar-refractivity contribution is 8.01. The van der Waals surface area contributed by atoms with E-state index >= 15 is 0 Å². The first-order valence-corrected chi connectivity index (χ1v) is 10.9. The number of rotatable bonds is 6. The van der Waals surface area contributed by atoms with Crippen LogP contribution in [0.15, 0.2) is 36.4 Å². The zero-order valence-electron chi connectivity index (χ0n) is 18.2. The number of carbonyl (C=O) groups excluding carboxylic acids is 2. The van der Waals surface area contributed by atoms with Crippen LogP contribution in [0.3, 0.4) is 0 Å². The number of thioether (sulfide) groups is 1. The van der Waals surface area contributed by atoms with E-state index < -0.39 is 10.8 Å². The van der Waals surface area contributed by atoms with Crippen molar-refractivity contribution in [2.45, 2.75) is 36.6 Å². The predicted molar refractivity (Wildman–Crippen MR) is 119 cm³/mol. The molecule has 0 unspecified atom stereocenters. The van der Waals surface area contributed by atoms with Gasteiger partial charge in [-0.15, -0.1) is 11.8 Å². The SMILES string of the molecule is COc1ccc(CNC(=O)[C@H]2N3C(=O)c4c(ccc(OC)c4OC)[C@H]3SC2(C)C)cc1. The highest BCUT2D eigenvalue weighted by Gasteiger charge is 2.58. The summed E-state index contributed by atoms with van der Waals surface area (Å²) in [5, 5.41) is 2.76. The third-order valence-corrected chi connectivity index (χ3v) is 7.31. The molecule has 2 atom stereocenters. The molecule has 0 aliphatic carbocycles. The maximum atomic E-state index is 13.5. The lowest BCUT2D eigenvalue weighted by molar-refractivity contribution is -0.126. The van der Waals surface area contributed by atoms with Gasteiger partial charge in [-0.25, -0.2) is 0 Å². The number of hydrogen-bond donors (Lipinski definition) is 1. The summed E-state index contributed by atoms with van der Waals surface area (Å²) >= 11 is 1.61. The minimum Gasteiger partial charge on any atom is -0.497 e. The summed E-state index contributed by atoms with van der Waals surface area (Å²) in [7, 11) is 4.67. The molecule has 0 bridgehead atoms. The minimum atomic E-state index is -0.614. The molecule has 2 aromatic rings. The second-order valence-corrected chi connectivity index (χ2v) is 9.75. The first-order chi connectivity index (χ1) is 14.8. The molecule has 0 aromatic heterocycles. The Morgan fingerprint density at radius 2 is 1.77 bits per heavy atom. The van der Waals surface area contributed by atoms with Crippen LogP contribution in [0.5, 0.6) is 17.2 Å². The van der Waals surface area contributed by atoms with Crippen molar-refractivity contribution in [1.29, 1.82) is 0 Å². The highest BCUT2D eigenvalue weighted by Crippen LogP contribution is 2.58. The maximum absolute atomic E-state index is 13.5. The average molecular weight is 443 g/mol. The van der Waals surface area contributed by atoms with E-state index in [-0.39, 0.29) is 17.2 Å². The monoisotopic (exact) mass is 442 g/mol. The number of hydrogen-bond acceptors (Lipinski definition) is 6. The molecule has 0 saturated carbocycles. The third-order valence-electron chi connectivity index (χ3n) is 5.77. The van der Waals surface area contributed by atoms with Crippen molar-refractivity contribution < 1.29 is 23.8 Å². The van der Waals surface area contributed by atoms with E-state index in [1.54, 1.807) is 29.8 Å². The van der Waals surface area contributed by atoms with Crippen LogP contribution in [0.4, 0.5) is 0 Å². The standard InChI is InChI=1S/C23H26N2O5S/c1-23(2)19(20(26)24-12-13-6-8-14(28-3)9-7-13)25-21(27)17-15(22(25)31-23)10-11-16(29-4)18(17)30-5/h6-11,19,22H,12H2,1-5H3,(H,24,26)/t19-,22-/m1/s1. The van der Waals surface area contributed by atoms with Crippen molar-refractivity contribution >= 4 is 23.6 Å². The van der Waals surface area contributed by atoms with E-state index in [9.17, 15) is 9.59 Å². The van der Waals surface area contributed by atoms with Crippen LogP contribution in [0.25, 0.3) is 0 Å². The largest absolute Gasteiger partial charge is 0.497 e. The summed E-state index contributed by atoms with van der Waals surface area (Å²) in [4.78, 5) is 28.4. The summed E-state index contributed by atoms with van der Waals surface area (Å²) in [6.45, 7) is 4.37. The van der Waals surface area contributed by atoms with Crippen molar-refractivity contribution in [1.82, 2.24) is 10.2 Å². The zero-order chi connectivity index (χ0) is 22.3. The molecule has 2 heterocycles. The molecule has 8 heteroatoms. The second kappa shape index (κ2) is 8.00. The number of ether oxygens (including phenoxy) is 3. The van der Waals surface area contributed by atoms with E-state index in [1.165, 1.54) is 14.2 Å². The fourth-order valence-electron chi connectivity index (χ4n) is 4.29. The van der Waals surface area contributed by atoms with E-state index in [1.807, 2.05) is 44.2 Å². The Balaban J connectivity index is 1.60.